The van der Waals surface area contributed by atoms with Crippen LogP contribution in [0, 0.1) is 12.8 Å². The average molecular weight is 357 g/mol. The molecule has 0 atom stereocenters. The maximum Gasteiger partial charge on any atom is 0.238 e. The predicted octanol–water partition coefficient (Wildman–Crippen LogP) is 4.54. The van der Waals surface area contributed by atoms with Crippen LogP contribution in [-0.2, 0) is 11.2 Å². The van der Waals surface area contributed by atoms with E-state index >= 15 is 0 Å². The smallest absolute Gasteiger partial charge is 0.238 e. The summed E-state index contributed by atoms with van der Waals surface area (Å²) in [7, 11) is 0. The molecule has 1 fully saturated rings. The number of nitrogens with zero attached hydrogens (tertiary/aromatic N) is 1. The van der Waals surface area contributed by atoms with Gasteiger partial charge in [-0.1, -0.05) is 48.0 Å². The summed E-state index contributed by atoms with van der Waals surface area (Å²) < 4.78 is 0. The van der Waals surface area contributed by atoms with Gasteiger partial charge in [0.25, 0.3) is 0 Å². The van der Waals surface area contributed by atoms with Crippen LogP contribution >= 0.6 is 11.6 Å². The van der Waals surface area contributed by atoms with Gasteiger partial charge in [0, 0.05) is 10.7 Å². The number of carbonyl (C=O) groups is 1. The van der Waals surface area contributed by atoms with Crippen molar-refractivity contribution in [2.24, 2.45) is 5.92 Å². The molecule has 2 aromatic rings. The van der Waals surface area contributed by atoms with Gasteiger partial charge < -0.3 is 5.32 Å². The molecule has 2 aromatic carbocycles. The zero-order chi connectivity index (χ0) is 17.6. The number of hydrogen-bond donors (Lipinski definition) is 1. The number of amides is 1. The Hall–Kier alpha value is -1.84. The van der Waals surface area contributed by atoms with E-state index in [2.05, 4.69) is 40.5 Å². The van der Waals surface area contributed by atoms with Crippen LogP contribution in [0.15, 0.2) is 48.5 Å². The summed E-state index contributed by atoms with van der Waals surface area (Å²) in [5.41, 5.74) is 3.24. The number of nitrogens with one attached hydrogen (secondary N) is 1. The minimum absolute atomic E-state index is 0.0341. The second kappa shape index (κ2) is 8.50. The van der Waals surface area contributed by atoms with E-state index in [0.29, 0.717) is 11.6 Å². The Morgan fingerprint density at radius 3 is 2.60 bits per heavy atom. The van der Waals surface area contributed by atoms with Crippen molar-refractivity contribution in [1.82, 2.24) is 4.90 Å². The Bertz CT molecular complexity index is 709. The van der Waals surface area contributed by atoms with Crippen molar-refractivity contribution in [3.05, 3.63) is 64.7 Å². The molecule has 0 unspecified atom stereocenters. The van der Waals surface area contributed by atoms with Gasteiger partial charge in [-0.2, -0.15) is 0 Å². The number of aryl methyl sites for hydroxylation is 1. The third-order valence-electron chi connectivity index (χ3n) is 4.92. The van der Waals surface area contributed by atoms with Gasteiger partial charge in [-0.05, 0) is 68.5 Å². The quantitative estimate of drug-likeness (QED) is 0.852. The van der Waals surface area contributed by atoms with Gasteiger partial charge in [-0.15, -0.1) is 0 Å². The Labute approximate surface area is 155 Å². The maximum atomic E-state index is 12.3. The van der Waals surface area contributed by atoms with Gasteiger partial charge in [0.2, 0.25) is 5.91 Å². The number of benzene rings is 2. The molecule has 1 amide bonds. The van der Waals surface area contributed by atoms with Crippen LogP contribution in [0.2, 0.25) is 5.02 Å². The molecule has 1 aliphatic rings. The molecule has 1 N–H and O–H groups in total. The van der Waals surface area contributed by atoms with Crippen LogP contribution in [0.4, 0.5) is 5.69 Å². The lowest BCUT2D eigenvalue weighted by atomic mass is 9.90. The normalized spacial score (nSPS) is 15.9. The molecule has 25 heavy (non-hydrogen) atoms. The molecule has 0 aromatic heterocycles. The third kappa shape index (κ3) is 5.32. The van der Waals surface area contributed by atoms with Crippen LogP contribution in [-0.4, -0.2) is 30.4 Å². The van der Waals surface area contributed by atoms with Crippen LogP contribution < -0.4 is 5.32 Å². The Morgan fingerprint density at radius 2 is 1.88 bits per heavy atom. The summed E-state index contributed by atoms with van der Waals surface area (Å²) in [6.45, 7) is 4.39. The average Bonchev–Trinajstić information content (AvgIpc) is 2.61. The van der Waals surface area contributed by atoms with Gasteiger partial charge in [-0.3, -0.25) is 9.69 Å². The summed E-state index contributed by atoms with van der Waals surface area (Å²) in [5.74, 6) is 0.753. The molecule has 3 rings (SSSR count). The largest absolute Gasteiger partial charge is 0.325 e. The van der Waals surface area contributed by atoms with Crippen molar-refractivity contribution >= 4 is 23.2 Å². The second-order valence-corrected chi connectivity index (χ2v) is 7.35. The van der Waals surface area contributed by atoms with E-state index < -0.39 is 0 Å². The SMILES string of the molecule is Cc1ccc(Cl)cc1NC(=O)CN1CCC(Cc2ccccc2)CC1. The zero-order valence-corrected chi connectivity index (χ0v) is 15.4. The molecule has 3 nitrogen and oxygen atoms in total. The first-order valence-corrected chi connectivity index (χ1v) is 9.30. The van der Waals surface area contributed by atoms with Gasteiger partial charge in [0.1, 0.15) is 0 Å². The van der Waals surface area contributed by atoms with E-state index in [1.807, 2.05) is 19.1 Å². The van der Waals surface area contributed by atoms with E-state index in [-0.39, 0.29) is 5.91 Å². The van der Waals surface area contributed by atoms with Crippen molar-refractivity contribution in [2.45, 2.75) is 26.2 Å². The summed E-state index contributed by atoms with van der Waals surface area (Å²) in [6.07, 6.45) is 3.44. The maximum absolute atomic E-state index is 12.3. The standard InChI is InChI=1S/C21H25ClN2O/c1-16-7-8-19(22)14-20(16)23-21(25)15-24-11-9-18(10-12-24)13-17-5-3-2-4-6-17/h2-8,14,18H,9-13,15H2,1H3,(H,23,25). The van der Waals surface area contributed by atoms with Gasteiger partial charge in [0.05, 0.1) is 6.54 Å². The highest BCUT2D eigenvalue weighted by Gasteiger charge is 2.21. The fraction of sp³-hybridized carbons (Fsp3) is 0.381. The topological polar surface area (TPSA) is 32.3 Å². The molecule has 0 radical (unpaired) electrons. The van der Waals surface area contributed by atoms with Crippen molar-refractivity contribution in [1.29, 1.82) is 0 Å². The fourth-order valence-corrected chi connectivity index (χ4v) is 3.59. The molecule has 0 saturated carbocycles. The fourth-order valence-electron chi connectivity index (χ4n) is 3.42. The summed E-state index contributed by atoms with van der Waals surface area (Å²) in [4.78, 5) is 14.6. The molecule has 1 saturated heterocycles. The number of piperidine rings is 1. The number of likely N-dealkylation sites (tertiary alicyclic amines) is 1. The summed E-state index contributed by atoms with van der Waals surface area (Å²) >= 11 is 6.01. The molecular weight excluding hydrogens is 332 g/mol. The molecule has 1 heterocycles. The molecule has 0 spiro atoms. The van der Waals surface area contributed by atoms with E-state index in [1.165, 1.54) is 5.56 Å². The summed E-state index contributed by atoms with van der Waals surface area (Å²) in [6, 6.07) is 16.2. The number of rotatable bonds is 5. The molecule has 0 aliphatic carbocycles. The van der Waals surface area contributed by atoms with Crippen LogP contribution in [0.3, 0.4) is 0 Å². The number of halogens is 1. The minimum atomic E-state index is 0.0341. The monoisotopic (exact) mass is 356 g/mol. The zero-order valence-electron chi connectivity index (χ0n) is 14.7. The highest BCUT2D eigenvalue weighted by Crippen LogP contribution is 2.22. The Balaban J connectivity index is 1.45. The van der Waals surface area contributed by atoms with Crippen LogP contribution in [0.25, 0.3) is 0 Å². The highest BCUT2D eigenvalue weighted by molar-refractivity contribution is 6.31. The third-order valence-corrected chi connectivity index (χ3v) is 5.15. The van der Waals surface area contributed by atoms with Crippen molar-refractivity contribution in [3.63, 3.8) is 0 Å². The first-order valence-electron chi connectivity index (χ1n) is 8.92. The number of anilines is 1. The minimum Gasteiger partial charge on any atom is -0.325 e. The molecular formula is C21H25ClN2O. The van der Waals surface area contributed by atoms with Gasteiger partial charge in [0.15, 0.2) is 0 Å². The molecule has 1 aliphatic heterocycles. The van der Waals surface area contributed by atoms with Crippen molar-refractivity contribution < 1.29 is 4.79 Å². The highest BCUT2D eigenvalue weighted by atomic mass is 35.5. The molecule has 0 bridgehead atoms. The first-order chi connectivity index (χ1) is 12.1. The van der Waals surface area contributed by atoms with Crippen LogP contribution in [0.1, 0.15) is 24.0 Å². The van der Waals surface area contributed by atoms with Crippen LogP contribution in [0.5, 0.6) is 0 Å². The molecule has 4 heteroatoms. The van der Waals surface area contributed by atoms with Crippen molar-refractivity contribution in [3.8, 4) is 0 Å². The number of carbonyl (C=O) groups excluding carboxylic acids is 1. The Kier molecular flexibility index (Phi) is 6.11. The lowest BCUT2D eigenvalue weighted by molar-refractivity contribution is -0.117. The summed E-state index contributed by atoms with van der Waals surface area (Å²) in [5, 5.41) is 3.63. The predicted molar refractivity (Wildman–Crippen MR) is 104 cm³/mol. The van der Waals surface area contributed by atoms with Crippen molar-refractivity contribution in [2.75, 3.05) is 25.0 Å². The van der Waals surface area contributed by atoms with E-state index in [1.54, 1.807) is 6.07 Å². The first kappa shape index (κ1) is 18.0. The Morgan fingerprint density at radius 1 is 1.16 bits per heavy atom. The second-order valence-electron chi connectivity index (χ2n) is 6.92. The van der Waals surface area contributed by atoms with Gasteiger partial charge in [-0.25, -0.2) is 0 Å². The molecule has 132 valence electrons. The van der Waals surface area contributed by atoms with E-state index in [0.717, 1.165) is 49.5 Å². The lowest BCUT2D eigenvalue weighted by Gasteiger charge is -2.31. The number of hydrogen-bond acceptors (Lipinski definition) is 2. The van der Waals surface area contributed by atoms with Gasteiger partial charge >= 0.3 is 0 Å². The van der Waals surface area contributed by atoms with E-state index in [9.17, 15) is 4.79 Å². The lowest BCUT2D eigenvalue weighted by Crippen LogP contribution is -2.39. The van der Waals surface area contributed by atoms with E-state index in [4.69, 9.17) is 11.6 Å².